The Hall–Kier alpha value is -1.91. The molecule has 0 saturated carbocycles. The highest BCUT2D eigenvalue weighted by atomic mass is 35.5. The first kappa shape index (κ1) is 13.1. The van der Waals surface area contributed by atoms with E-state index in [4.69, 9.17) is 11.6 Å². The fraction of sp³-hybridized carbons (Fsp3) is 0.0667. The molecule has 0 aliphatic heterocycles. The van der Waals surface area contributed by atoms with Crippen LogP contribution < -0.4 is 5.32 Å². The molecule has 0 aliphatic carbocycles. The molecule has 0 radical (unpaired) electrons. The fourth-order valence-corrected chi connectivity index (χ4v) is 2.85. The Labute approximate surface area is 125 Å². The number of aromatic nitrogens is 1. The van der Waals surface area contributed by atoms with Gasteiger partial charge >= 0.3 is 0 Å². The first-order chi connectivity index (χ1) is 9.74. The molecule has 100 valence electrons. The predicted molar refractivity (Wildman–Crippen MR) is 82.2 cm³/mol. The van der Waals surface area contributed by atoms with Gasteiger partial charge < -0.3 is 5.32 Å². The van der Waals surface area contributed by atoms with Gasteiger partial charge in [-0.15, -0.1) is 11.3 Å². The van der Waals surface area contributed by atoms with E-state index in [9.17, 15) is 4.79 Å². The van der Waals surface area contributed by atoms with Gasteiger partial charge in [-0.25, -0.2) is 4.98 Å². The van der Waals surface area contributed by atoms with Crippen LogP contribution >= 0.6 is 22.9 Å². The molecule has 5 heteroatoms. The molecule has 0 aliphatic rings. The number of thiophene rings is 1. The number of fused-ring (bicyclic) bond motifs is 1. The molecule has 0 saturated heterocycles. The van der Waals surface area contributed by atoms with Crippen molar-refractivity contribution in [1.29, 1.82) is 0 Å². The van der Waals surface area contributed by atoms with Crippen molar-refractivity contribution in [3.05, 3.63) is 63.6 Å². The van der Waals surface area contributed by atoms with E-state index < -0.39 is 0 Å². The summed E-state index contributed by atoms with van der Waals surface area (Å²) in [6.07, 6.45) is 0. The van der Waals surface area contributed by atoms with Crippen LogP contribution in [-0.2, 0) is 6.54 Å². The topological polar surface area (TPSA) is 42.0 Å². The second kappa shape index (κ2) is 5.61. The second-order valence-corrected chi connectivity index (χ2v) is 5.67. The Balaban J connectivity index is 1.84. The zero-order valence-corrected chi connectivity index (χ0v) is 12.0. The SMILES string of the molecule is O=C(NCc1cccs1)c1cc2ccccc2c(Cl)n1. The number of carbonyl (C=O) groups excluding carboxylic acids is 1. The molecule has 0 bridgehead atoms. The van der Waals surface area contributed by atoms with Crippen LogP contribution in [0.2, 0.25) is 5.15 Å². The van der Waals surface area contributed by atoms with Gasteiger partial charge in [0.1, 0.15) is 10.8 Å². The fourth-order valence-electron chi connectivity index (χ4n) is 1.94. The van der Waals surface area contributed by atoms with E-state index in [2.05, 4.69) is 10.3 Å². The van der Waals surface area contributed by atoms with Crippen molar-refractivity contribution in [1.82, 2.24) is 10.3 Å². The average Bonchev–Trinajstić information content (AvgIpc) is 2.98. The number of benzene rings is 1. The zero-order valence-electron chi connectivity index (χ0n) is 10.5. The van der Waals surface area contributed by atoms with Gasteiger partial charge in [0.2, 0.25) is 0 Å². The Morgan fingerprint density at radius 2 is 2.10 bits per heavy atom. The molecule has 2 aromatic heterocycles. The van der Waals surface area contributed by atoms with Crippen LogP contribution in [0.5, 0.6) is 0 Å². The minimum Gasteiger partial charge on any atom is -0.346 e. The van der Waals surface area contributed by atoms with Crippen LogP contribution in [0.3, 0.4) is 0 Å². The van der Waals surface area contributed by atoms with E-state index in [-0.39, 0.29) is 5.91 Å². The maximum atomic E-state index is 12.1. The summed E-state index contributed by atoms with van der Waals surface area (Å²) in [6.45, 7) is 0.503. The van der Waals surface area contributed by atoms with Gasteiger partial charge in [0.05, 0.1) is 6.54 Å². The minimum atomic E-state index is -0.217. The highest BCUT2D eigenvalue weighted by Crippen LogP contribution is 2.22. The lowest BCUT2D eigenvalue weighted by Gasteiger charge is -2.06. The van der Waals surface area contributed by atoms with Crippen LogP contribution in [0.15, 0.2) is 47.8 Å². The Kier molecular flexibility index (Phi) is 3.67. The lowest BCUT2D eigenvalue weighted by molar-refractivity contribution is 0.0946. The molecule has 0 spiro atoms. The molecule has 3 nitrogen and oxygen atoms in total. The maximum absolute atomic E-state index is 12.1. The van der Waals surface area contributed by atoms with Crippen LogP contribution in [0.4, 0.5) is 0 Å². The Morgan fingerprint density at radius 1 is 1.25 bits per heavy atom. The third-order valence-electron chi connectivity index (χ3n) is 2.93. The van der Waals surface area contributed by atoms with Crippen molar-refractivity contribution in [2.45, 2.75) is 6.54 Å². The van der Waals surface area contributed by atoms with E-state index in [1.165, 1.54) is 0 Å². The number of hydrogen-bond donors (Lipinski definition) is 1. The van der Waals surface area contributed by atoms with Gasteiger partial charge in [-0.3, -0.25) is 4.79 Å². The van der Waals surface area contributed by atoms with Crippen LogP contribution in [0, 0.1) is 0 Å². The van der Waals surface area contributed by atoms with Crippen LogP contribution in [0.25, 0.3) is 10.8 Å². The van der Waals surface area contributed by atoms with Crippen molar-refractivity contribution >= 4 is 39.6 Å². The number of nitrogens with one attached hydrogen (secondary N) is 1. The highest BCUT2D eigenvalue weighted by molar-refractivity contribution is 7.09. The summed E-state index contributed by atoms with van der Waals surface area (Å²) in [6, 6.07) is 13.3. The number of carbonyl (C=O) groups is 1. The van der Waals surface area contributed by atoms with Crippen molar-refractivity contribution < 1.29 is 4.79 Å². The minimum absolute atomic E-state index is 0.217. The summed E-state index contributed by atoms with van der Waals surface area (Å²) in [5.41, 5.74) is 0.338. The smallest absolute Gasteiger partial charge is 0.270 e. The number of hydrogen-bond acceptors (Lipinski definition) is 3. The quantitative estimate of drug-likeness (QED) is 0.746. The molecule has 1 aromatic carbocycles. The third-order valence-corrected chi connectivity index (χ3v) is 4.09. The summed E-state index contributed by atoms with van der Waals surface area (Å²) in [5, 5.41) is 6.94. The maximum Gasteiger partial charge on any atom is 0.270 e. The van der Waals surface area contributed by atoms with Crippen LogP contribution in [-0.4, -0.2) is 10.9 Å². The number of amides is 1. The summed E-state index contributed by atoms with van der Waals surface area (Å²) in [4.78, 5) is 17.4. The number of halogens is 1. The number of rotatable bonds is 3. The molecule has 0 atom stereocenters. The van der Waals surface area contributed by atoms with Crippen molar-refractivity contribution in [3.63, 3.8) is 0 Å². The van der Waals surface area contributed by atoms with Gasteiger partial charge in [0.25, 0.3) is 5.91 Å². The summed E-state index contributed by atoms with van der Waals surface area (Å²) < 4.78 is 0. The van der Waals surface area contributed by atoms with Crippen LogP contribution in [0.1, 0.15) is 15.4 Å². The molecule has 3 aromatic rings. The number of pyridine rings is 1. The molecular formula is C15H11ClN2OS. The Bertz CT molecular complexity index is 756. The normalized spacial score (nSPS) is 10.7. The van der Waals surface area contributed by atoms with Crippen molar-refractivity contribution in [3.8, 4) is 0 Å². The molecular weight excluding hydrogens is 292 g/mol. The van der Waals surface area contributed by atoms with Gasteiger partial charge in [0.15, 0.2) is 0 Å². The highest BCUT2D eigenvalue weighted by Gasteiger charge is 2.11. The van der Waals surface area contributed by atoms with E-state index in [1.807, 2.05) is 41.8 Å². The molecule has 1 amide bonds. The monoisotopic (exact) mass is 302 g/mol. The molecule has 20 heavy (non-hydrogen) atoms. The largest absolute Gasteiger partial charge is 0.346 e. The van der Waals surface area contributed by atoms with Gasteiger partial charge in [-0.05, 0) is 22.9 Å². The van der Waals surface area contributed by atoms with Gasteiger partial charge in [0, 0.05) is 10.3 Å². The van der Waals surface area contributed by atoms with E-state index in [0.29, 0.717) is 17.4 Å². The third kappa shape index (κ3) is 2.66. The summed E-state index contributed by atoms with van der Waals surface area (Å²) in [7, 11) is 0. The van der Waals surface area contributed by atoms with Crippen molar-refractivity contribution in [2.75, 3.05) is 0 Å². The summed E-state index contributed by atoms with van der Waals surface area (Å²) in [5.74, 6) is -0.217. The van der Waals surface area contributed by atoms with E-state index >= 15 is 0 Å². The molecule has 2 heterocycles. The lowest BCUT2D eigenvalue weighted by atomic mass is 10.1. The average molecular weight is 303 g/mol. The first-order valence-electron chi connectivity index (χ1n) is 6.10. The number of nitrogens with zero attached hydrogens (tertiary/aromatic N) is 1. The Morgan fingerprint density at radius 3 is 2.90 bits per heavy atom. The molecule has 0 unspecified atom stereocenters. The molecule has 0 fully saturated rings. The lowest BCUT2D eigenvalue weighted by Crippen LogP contribution is -2.23. The molecule has 1 N–H and O–H groups in total. The van der Waals surface area contributed by atoms with Gasteiger partial charge in [-0.1, -0.05) is 41.9 Å². The molecule has 3 rings (SSSR count). The second-order valence-electron chi connectivity index (χ2n) is 4.28. The van der Waals surface area contributed by atoms with Crippen molar-refractivity contribution in [2.24, 2.45) is 0 Å². The standard InChI is InChI=1S/C15H11ClN2OS/c16-14-12-6-2-1-4-10(12)8-13(18-14)15(19)17-9-11-5-3-7-20-11/h1-8H,9H2,(H,17,19). The van der Waals surface area contributed by atoms with E-state index in [0.717, 1.165) is 15.6 Å². The van der Waals surface area contributed by atoms with E-state index in [1.54, 1.807) is 17.4 Å². The predicted octanol–water partition coefficient (Wildman–Crippen LogP) is 3.88. The summed E-state index contributed by atoms with van der Waals surface area (Å²) >= 11 is 7.72. The first-order valence-corrected chi connectivity index (χ1v) is 7.35. The zero-order chi connectivity index (χ0) is 13.9. The van der Waals surface area contributed by atoms with Gasteiger partial charge in [-0.2, -0.15) is 0 Å².